The molecular formula is C39H72O5. The van der Waals surface area contributed by atoms with Gasteiger partial charge in [0, 0.05) is 12.8 Å². The fourth-order valence-corrected chi connectivity index (χ4v) is 5.31. The molecule has 0 unspecified atom stereocenters. The van der Waals surface area contributed by atoms with Crippen LogP contribution in [0, 0.1) is 0 Å². The minimum Gasteiger partial charge on any atom is -0.462 e. The van der Waals surface area contributed by atoms with E-state index < -0.39 is 6.10 Å². The molecule has 0 aliphatic carbocycles. The van der Waals surface area contributed by atoms with Crippen molar-refractivity contribution in [2.75, 3.05) is 13.2 Å². The maximum atomic E-state index is 12.1. The monoisotopic (exact) mass is 621 g/mol. The Morgan fingerprint density at radius 2 is 0.841 bits per heavy atom. The zero-order chi connectivity index (χ0) is 32.2. The predicted octanol–water partition coefficient (Wildman–Crippen LogP) is 11.5. The first kappa shape index (κ1) is 42.4. The molecule has 0 saturated heterocycles. The van der Waals surface area contributed by atoms with Crippen LogP contribution in [0.25, 0.3) is 0 Å². The van der Waals surface area contributed by atoms with Crippen LogP contribution in [0.2, 0.25) is 0 Å². The topological polar surface area (TPSA) is 72.8 Å². The molecule has 5 heteroatoms. The van der Waals surface area contributed by atoms with Crippen LogP contribution >= 0.6 is 0 Å². The van der Waals surface area contributed by atoms with Gasteiger partial charge in [-0.25, -0.2) is 0 Å². The largest absolute Gasteiger partial charge is 0.462 e. The molecule has 0 spiro atoms. The lowest BCUT2D eigenvalue weighted by Crippen LogP contribution is -2.28. The van der Waals surface area contributed by atoms with Gasteiger partial charge in [0.2, 0.25) is 0 Å². The van der Waals surface area contributed by atoms with Crippen molar-refractivity contribution in [2.24, 2.45) is 0 Å². The standard InChI is InChI=1S/C39H72O5/c1-3-5-7-9-11-13-15-17-19-21-23-25-27-29-31-33-38(41)43-36-37(35-40)44-39(42)34-32-30-28-26-24-22-20-18-16-14-12-10-8-6-4-2/h13-16,37,40H,3-12,17-36H2,1-2H3/b15-13-,16-14-/t37-/m0/s1. The normalized spacial score (nSPS) is 12.3. The molecule has 0 bridgehead atoms. The summed E-state index contributed by atoms with van der Waals surface area (Å²) in [6.45, 7) is 4.10. The van der Waals surface area contributed by atoms with Crippen LogP contribution in [-0.4, -0.2) is 36.4 Å². The third-order valence-electron chi connectivity index (χ3n) is 8.22. The van der Waals surface area contributed by atoms with Gasteiger partial charge in [-0.15, -0.1) is 0 Å². The minimum absolute atomic E-state index is 0.0672. The Balaban J connectivity index is 3.56. The fraction of sp³-hybridized carbons (Fsp3) is 0.846. The number of aliphatic hydroxyl groups excluding tert-OH is 1. The summed E-state index contributed by atoms with van der Waals surface area (Å²) in [5.41, 5.74) is 0. The average Bonchev–Trinajstić information content (AvgIpc) is 3.02. The number of esters is 2. The summed E-state index contributed by atoms with van der Waals surface area (Å²) in [4.78, 5) is 24.2. The summed E-state index contributed by atoms with van der Waals surface area (Å²) in [7, 11) is 0. The van der Waals surface area contributed by atoms with Gasteiger partial charge in [-0.2, -0.15) is 0 Å². The summed E-state index contributed by atoms with van der Waals surface area (Å²) < 4.78 is 10.6. The summed E-state index contributed by atoms with van der Waals surface area (Å²) in [6, 6.07) is 0. The quantitative estimate of drug-likeness (QED) is 0.0440. The smallest absolute Gasteiger partial charge is 0.306 e. The molecule has 1 atom stereocenters. The van der Waals surface area contributed by atoms with Gasteiger partial charge in [-0.3, -0.25) is 9.59 Å². The van der Waals surface area contributed by atoms with Crippen molar-refractivity contribution in [1.29, 1.82) is 0 Å². The van der Waals surface area contributed by atoms with Crippen molar-refractivity contribution in [2.45, 2.75) is 200 Å². The highest BCUT2D eigenvalue weighted by Crippen LogP contribution is 2.13. The molecule has 1 N–H and O–H groups in total. The van der Waals surface area contributed by atoms with Gasteiger partial charge < -0.3 is 14.6 Å². The lowest BCUT2D eigenvalue weighted by Gasteiger charge is -2.15. The van der Waals surface area contributed by atoms with E-state index in [4.69, 9.17) is 9.47 Å². The van der Waals surface area contributed by atoms with E-state index in [0.29, 0.717) is 12.8 Å². The molecule has 0 fully saturated rings. The maximum absolute atomic E-state index is 12.1. The van der Waals surface area contributed by atoms with E-state index in [0.717, 1.165) is 38.5 Å². The van der Waals surface area contributed by atoms with E-state index in [2.05, 4.69) is 38.2 Å². The van der Waals surface area contributed by atoms with Crippen molar-refractivity contribution < 1.29 is 24.2 Å². The summed E-state index contributed by atoms with van der Waals surface area (Å²) in [5, 5.41) is 9.53. The molecule has 0 aliphatic rings. The Hall–Kier alpha value is -1.62. The second-order valence-corrected chi connectivity index (χ2v) is 12.6. The summed E-state index contributed by atoms with van der Waals surface area (Å²) in [5.74, 6) is -0.598. The molecule has 258 valence electrons. The highest BCUT2D eigenvalue weighted by molar-refractivity contribution is 5.70. The molecule has 0 rings (SSSR count). The molecule has 0 radical (unpaired) electrons. The molecule has 0 aromatic heterocycles. The first-order valence-electron chi connectivity index (χ1n) is 18.9. The Bertz CT molecular complexity index is 671. The van der Waals surface area contributed by atoms with Gasteiger partial charge in [0.15, 0.2) is 6.10 Å². The predicted molar refractivity (Wildman–Crippen MR) is 187 cm³/mol. The third-order valence-corrected chi connectivity index (χ3v) is 8.22. The maximum Gasteiger partial charge on any atom is 0.306 e. The molecule has 0 aromatic rings. The number of rotatable bonds is 34. The van der Waals surface area contributed by atoms with E-state index in [1.165, 1.54) is 128 Å². The van der Waals surface area contributed by atoms with Crippen LogP contribution in [0.5, 0.6) is 0 Å². The number of hydrogen-bond acceptors (Lipinski definition) is 5. The van der Waals surface area contributed by atoms with Crippen molar-refractivity contribution in [3.63, 3.8) is 0 Å². The Morgan fingerprint density at radius 1 is 0.500 bits per heavy atom. The zero-order valence-corrected chi connectivity index (χ0v) is 29.2. The first-order chi connectivity index (χ1) is 21.6. The van der Waals surface area contributed by atoms with E-state index in [-0.39, 0.29) is 25.2 Å². The summed E-state index contributed by atoms with van der Waals surface area (Å²) in [6.07, 6.45) is 40.9. The fourth-order valence-electron chi connectivity index (χ4n) is 5.31. The number of unbranched alkanes of at least 4 members (excludes halogenated alkanes) is 22. The van der Waals surface area contributed by atoms with E-state index in [1.54, 1.807) is 0 Å². The van der Waals surface area contributed by atoms with Crippen LogP contribution in [0.3, 0.4) is 0 Å². The molecular weight excluding hydrogens is 548 g/mol. The van der Waals surface area contributed by atoms with Gasteiger partial charge >= 0.3 is 11.9 Å². The minimum atomic E-state index is -0.771. The average molecular weight is 621 g/mol. The number of allylic oxidation sites excluding steroid dienone is 4. The van der Waals surface area contributed by atoms with Crippen LogP contribution in [0.1, 0.15) is 194 Å². The third kappa shape index (κ3) is 33.3. The number of carbonyl (C=O) groups is 2. The molecule has 0 aromatic carbocycles. The zero-order valence-electron chi connectivity index (χ0n) is 29.2. The SMILES string of the molecule is CCCCCC/C=C\CCCCCCCCCC(=O)OC[C@H](CO)OC(=O)CCCCCCCCC/C=C\CCCCCC. The number of carbonyl (C=O) groups excluding carboxylic acids is 2. The Kier molecular flexibility index (Phi) is 34.5. The molecule has 44 heavy (non-hydrogen) atoms. The van der Waals surface area contributed by atoms with Crippen molar-refractivity contribution in [3.05, 3.63) is 24.3 Å². The van der Waals surface area contributed by atoms with Crippen molar-refractivity contribution >= 4 is 11.9 Å². The van der Waals surface area contributed by atoms with Gasteiger partial charge in [-0.1, -0.05) is 141 Å². The van der Waals surface area contributed by atoms with Gasteiger partial charge in [-0.05, 0) is 64.2 Å². The number of hydrogen-bond donors (Lipinski definition) is 1. The summed E-state index contributed by atoms with van der Waals surface area (Å²) >= 11 is 0. The molecule has 0 heterocycles. The number of aliphatic hydroxyl groups is 1. The van der Waals surface area contributed by atoms with Gasteiger partial charge in [0.1, 0.15) is 6.61 Å². The van der Waals surface area contributed by atoms with Gasteiger partial charge in [0.25, 0.3) is 0 Å². The van der Waals surface area contributed by atoms with Gasteiger partial charge in [0.05, 0.1) is 6.61 Å². The lowest BCUT2D eigenvalue weighted by molar-refractivity contribution is -0.161. The van der Waals surface area contributed by atoms with E-state index in [1.807, 2.05) is 0 Å². The second kappa shape index (κ2) is 35.9. The molecule has 5 nitrogen and oxygen atoms in total. The second-order valence-electron chi connectivity index (χ2n) is 12.6. The van der Waals surface area contributed by atoms with Crippen LogP contribution in [-0.2, 0) is 19.1 Å². The van der Waals surface area contributed by atoms with Crippen molar-refractivity contribution in [3.8, 4) is 0 Å². The van der Waals surface area contributed by atoms with E-state index in [9.17, 15) is 14.7 Å². The molecule has 0 amide bonds. The van der Waals surface area contributed by atoms with Crippen molar-refractivity contribution in [1.82, 2.24) is 0 Å². The van der Waals surface area contributed by atoms with Crippen LogP contribution < -0.4 is 0 Å². The lowest BCUT2D eigenvalue weighted by atomic mass is 10.1. The van der Waals surface area contributed by atoms with Crippen LogP contribution in [0.15, 0.2) is 24.3 Å². The Morgan fingerprint density at radius 3 is 1.23 bits per heavy atom. The number of ether oxygens (including phenoxy) is 2. The molecule has 0 saturated carbocycles. The Labute approximate surface area is 273 Å². The first-order valence-corrected chi connectivity index (χ1v) is 18.9. The highest BCUT2D eigenvalue weighted by atomic mass is 16.6. The van der Waals surface area contributed by atoms with E-state index >= 15 is 0 Å². The molecule has 0 aliphatic heterocycles. The van der Waals surface area contributed by atoms with Crippen LogP contribution in [0.4, 0.5) is 0 Å². The highest BCUT2D eigenvalue weighted by Gasteiger charge is 2.16.